The molecule has 1 saturated carbocycles. The molecule has 1 atom stereocenters. The number of carbonyl (C=O) groups is 1. The quantitative estimate of drug-likeness (QED) is 0.805. The third-order valence-electron chi connectivity index (χ3n) is 5.90. The first-order valence-electron chi connectivity index (χ1n) is 9.49. The van der Waals surface area contributed by atoms with Gasteiger partial charge in [-0.1, -0.05) is 19.3 Å². The van der Waals surface area contributed by atoms with Gasteiger partial charge in [0.1, 0.15) is 0 Å². The van der Waals surface area contributed by atoms with E-state index >= 15 is 0 Å². The van der Waals surface area contributed by atoms with E-state index in [1.54, 1.807) is 0 Å². The fourth-order valence-corrected chi connectivity index (χ4v) is 4.51. The number of hydrogen-bond acceptors (Lipinski definition) is 4. The maximum Gasteiger partial charge on any atom is 0.262 e. The van der Waals surface area contributed by atoms with E-state index in [1.165, 1.54) is 6.42 Å². The van der Waals surface area contributed by atoms with E-state index < -0.39 is 24.9 Å². The van der Waals surface area contributed by atoms with Crippen molar-refractivity contribution in [1.82, 2.24) is 15.5 Å². The molecule has 0 aromatic rings. The number of halogens is 2. The molecular weight excluding hydrogens is 328 g/mol. The summed E-state index contributed by atoms with van der Waals surface area (Å²) in [5, 5.41) is 5.62. The van der Waals surface area contributed by atoms with Gasteiger partial charge in [-0.05, 0) is 26.7 Å². The van der Waals surface area contributed by atoms with Crippen LogP contribution in [0, 0.1) is 0 Å². The van der Waals surface area contributed by atoms with Crippen molar-refractivity contribution in [3.8, 4) is 0 Å². The van der Waals surface area contributed by atoms with Crippen LogP contribution in [0.2, 0.25) is 0 Å². The number of hydrogen-bond donors (Lipinski definition) is 2. The summed E-state index contributed by atoms with van der Waals surface area (Å²) in [6.45, 7) is 6.71. The second-order valence-corrected chi connectivity index (χ2v) is 8.53. The third-order valence-corrected chi connectivity index (χ3v) is 5.90. The summed E-state index contributed by atoms with van der Waals surface area (Å²) in [4.78, 5) is 14.8. The van der Waals surface area contributed by atoms with Crippen molar-refractivity contribution >= 4 is 5.91 Å². The van der Waals surface area contributed by atoms with Crippen molar-refractivity contribution in [3.05, 3.63) is 0 Å². The van der Waals surface area contributed by atoms with Gasteiger partial charge >= 0.3 is 0 Å². The number of alkyl halides is 2. The van der Waals surface area contributed by atoms with Crippen molar-refractivity contribution in [2.24, 2.45) is 0 Å². The Kier molecular flexibility index (Phi) is 5.38. The number of ether oxygens (including phenoxy) is 1. The Hall–Kier alpha value is -0.790. The number of morpholine rings is 1. The molecule has 2 saturated heterocycles. The molecule has 0 spiro atoms. The Morgan fingerprint density at radius 2 is 2.00 bits per heavy atom. The molecule has 2 aliphatic heterocycles. The van der Waals surface area contributed by atoms with Crippen molar-refractivity contribution in [2.45, 2.75) is 75.5 Å². The van der Waals surface area contributed by atoms with Crippen LogP contribution in [-0.4, -0.2) is 66.7 Å². The lowest BCUT2D eigenvalue weighted by atomic mass is 9.79. The van der Waals surface area contributed by atoms with Crippen LogP contribution in [0.3, 0.4) is 0 Å². The summed E-state index contributed by atoms with van der Waals surface area (Å²) in [6.07, 6.45) is 5.19. The molecule has 3 fully saturated rings. The number of carbonyl (C=O) groups excluding carboxylic acids is 1. The molecule has 0 aromatic heterocycles. The normalized spacial score (nSPS) is 31.6. The molecule has 7 heteroatoms. The van der Waals surface area contributed by atoms with Crippen LogP contribution in [0.4, 0.5) is 8.78 Å². The van der Waals surface area contributed by atoms with Crippen LogP contribution in [0.1, 0.15) is 52.4 Å². The molecule has 5 nitrogen and oxygen atoms in total. The van der Waals surface area contributed by atoms with E-state index in [9.17, 15) is 13.6 Å². The topological polar surface area (TPSA) is 53.6 Å². The molecule has 144 valence electrons. The molecule has 3 aliphatic rings. The van der Waals surface area contributed by atoms with Crippen molar-refractivity contribution in [1.29, 1.82) is 0 Å². The lowest BCUT2D eigenvalue weighted by Crippen LogP contribution is -2.63. The first-order valence-corrected chi connectivity index (χ1v) is 9.49. The van der Waals surface area contributed by atoms with Gasteiger partial charge in [0.2, 0.25) is 5.91 Å². The molecular formula is C18H31F2N3O2. The molecule has 3 rings (SSSR count). The van der Waals surface area contributed by atoms with Crippen molar-refractivity contribution in [3.63, 3.8) is 0 Å². The van der Waals surface area contributed by atoms with Crippen LogP contribution < -0.4 is 10.6 Å². The van der Waals surface area contributed by atoms with Gasteiger partial charge in [-0.2, -0.15) is 0 Å². The molecule has 0 aromatic carbocycles. The van der Waals surface area contributed by atoms with E-state index in [4.69, 9.17) is 4.74 Å². The van der Waals surface area contributed by atoms with Gasteiger partial charge in [-0.15, -0.1) is 0 Å². The van der Waals surface area contributed by atoms with Crippen LogP contribution in [0.25, 0.3) is 0 Å². The predicted molar refractivity (Wildman–Crippen MR) is 91.8 cm³/mol. The minimum Gasteiger partial charge on any atom is -0.373 e. The van der Waals surface area contributed by atoms with Crippen LogP contribution in [0.15, 0.2) is 0 Å². The maximum atomic E-state index is 13.3. The first-order chi connectivity index (χ1) is 11.7. The number of rotatable bonds is 4. The Balaban J connectivity index is 1.64. The van der Waals surface area contributed by atoms with Crippen molar-refractivity contribution in [2.75, 3.05) is 32.8 Å². The number of amides is 1. The Morgan fingerprint density at radius 1 is 1.28 bits per heavy atom. The average Bonchev–Trinajstić information content (AvgIpc) is 2.93. The Labute approximate surface area is 148 Å². The molecule has 2 N–H and O–H groups in total. The van der Waals surface area contributed by atoms with E-state index in [0.717, 1.165) is 38.8 Å². The summed E-state index contributed by atoms with van der Waals surface area (Å²) in [5.74, 6) is -3.08. The highest BCUT2D eigenvalue weighted by Crippen LogP contribution is 2.36. The number of nitrogens with one attached hydrogen (secondary N) is 2. The van der Waals surface area contributed by atoms with Gasteiger partial charge in [0.05, 0.1) is 24.8 Å². The van der Waals surface area contributed by atoms with Crippen LogP contribution >= 0.6 is 0 Å². The summed E-state index contributed by atoms with van der Waals surface area (Å²) in [6, 6.07) is -0.781. The zero-order valence-electron chi connectivity index (χ0n) is 15.4. The highest BCUT2D eigenvalue weighted by molar-refractivity contribution is 5.82. The molecule has 25 heavy (non-hydrogen) atoms. The SMILES string of the molecule is CC1(C)CN(C2(CNC(=O)C3CC(F)(F)CN3)CCCCC2)CCO1. The van der Waals surface area contributed by atoms with E-state index in [0.29, 0.717) is 13.2 Å². The Bertz CT molecular complexity index is 493. The van der Waals surface area contributed by atoms with Gasteiger partial charge in [-0.25, -0.2) is 8.78 Å². The fraction of sp³-hybridized carbons (Fsp3) is 0.944. The van der Waals surface area contributed by atoms with Crippen LogP contribution in [0.5, 0.6) is 0 Å². The molecule has 0 radical (unpaired) electrons. The zero-order chi connectivity index (χ0) is 18.1. The van der Waals surface area contributed by atoms with Gasteiger partial charge in [0.15, 0.2) is 0 Å². The highest BCUT2D eigenvalue weighted by Gasteiger charge is 2.45. The van der Waals surface area contributed by atoms with Gasteiger partial charge in [0, 0.05) is 31.6 Å². The lowest BCUT2D eigenvalue weighted by Gasteiger charge is -2.51. The first kappa shape index (κ1) is 19.0. The van der Waals surface area contributed by atoms with Gasteiger partial charge < -0.3 is 10.1 Å². The molecule has 1 unspecified atom stereocenters. The predicted octanol–water partition coefficient (Wildman–Crippen LogP) is 1.91. The fourth-order valence-electron chi connectivity index (χ4n) is 4.51. The zero-order valence-corrected chi connectivity index (χ0v) is 15.4. The highest BCUT2D eigenvalue weighted by atomic mass is 19.3. The minimum atomic E-state index is -2.78. The summed E-state index contributed by atoms with van der Waals surface area (Å²) in [7, 11) is 0. The average molecular weight is 359 g/mol. The lowest BCUT2D eigenvalue weighted by molar-refractivity contribution is -0.130. The van der Waals surface area contributed by atoms with E-state index in [2.05, 4.69) is 29.4 Å². The smallest absolute Gasteiger partial charge is 0.262 e. The van der Waals surface area contributed by atoms with Gasteiger partial charge in [-0.3, -0.25) is 15.0 Å². The summed E-state index contributed by atoms with van der Waals surface area (Å²) in [5.41, 5.74) is -0.266. The van der Waals surface area contributed by atoms with Crippen LogP contribution in [-0.2, 0) is 9.53 Å². The standard InChI is InChI=1S/C18H31F2N3O2/c1-16(2)13-23(8-9-25-16)17(6-4-3-5-7-17)11-22-15(24)14-10-18(19,20)12-21-14/h14,21H,3-13H2,1-2H3,(H,22,24). The second-order valence-electron chi connectivity index (χ2n) is 8.53. The monoisotopic (exact) mass is 359 g/mol. The molecule has 1 amide bonds. The van der Waals surface area contributed by atoms with E-state index in [1.807, 2.05) is 0 Å². The molecule has 2 heterocycles. The summed E-state index contributed by atoms with van der Waals surface area (Å²) < 4.78 is 32.5. The number of nitrogens with zero attached hydrogens (tertiary/aromatic N) is 1. The third kappa shape index (κ3) is 4.49. The minimum absolute atomic E-state index is 0.0733. The van der Waals surface area contributed by atoms with Crippen molar-refractivity contribution < 1.29 is 18.3 Å². The molecule has 0 bridgehead atoms. The second kappa shape index (κ2) is 7.08. The summed E-state index contributed by atoms with van der Waals surface area (Å²) >= 11 is 0. The maximum absolute atomic E-state index is 13.3. The van der Waals surface area contributed by atoms with E-state index in [-0.39, 0.29) is 17.0 Å². The van der Waals surface area contributed by atoms with Gasteiger partial charge in [0.25, 0.3) is 5.92 Å². The Morgan fingerprint density at radius 3 is 2.60 bits per heavy atom. The molecule has 1 aliphatic carbocycles. The largest absolute Gasteiger partial charge is 0.373 e.